The Balaban J connectivity index is 1.98. The third-order valence-corrected chi connectivity index (χ3v) is 4.41. The maximum atomic E-state index is 12.5. The first-order valence-electron chi connectivity index (χ1n) is 8.02. The molecule has 6 nitrogen and oxygen atoms in total. The zero-order valence-electron chi connectivity index (χ0n) is 15.0. The molecule has 1 aromatic carbocycles. The normalized spacial score (nSPS) is 11.7. The van der Waals surface area contributed by atoms with E-state index in [1.165, 1.54) is 13.8 Å². The number of carbonyl (C=O) groups excluding carboxylic acids is 3. The first kappa shape index (κ1) is 19.9. The number of hydrogen-bond acceptors (Lipinski definition) is 5. The van der Waals surface area contributed by atoms with E-state index in [4.69, 9.17) is 9.47 Å². The number of halogens is 1. The summed E-state index contributed by atoms with van der Waals surface area (Å²) in [6, 6.07) is 6.99. The van der Waals surface area contributed by atoms with Crippen LogP contribution in [-0.2, 0) is 9.53 Å². The lowest BCUT2D eigenvalue weighted by molar-refractivity contribution is -0.148. The van der Waals surface area contributed by atoms with Gasteiger partial charge in [0.2, 0.25) is 5.78 Å². The summed E-state index contributed by atoms with van der Waals surface area (Å²) >= 11 is 3.31. The van der Waals surface area contributed by atoms with Gasteiger partial charge in [0, 0.05) is 15.7 Å². The van der Waals surface area contributed by atoms with Crippen molar-refractivity contribution in [2.75, 3.05) is 6.61 Å². The van der Waals surface area contributed by atoms with E-state index in [2.05, 4.69) is 20.9 Å². The minimum atomic E-state index is -0.993. The van der Waals surface area contributed by atoms with E-state index < -0.39 is 17.9 Å². The molecule has 1 unspecified atom stereocenters. The van der Waals surface area contributed by atoms with E-state index in [-0.39, 0.29) is 18.1 Å². The van der Waals surface area contributed by atoms with E-state index in [0.29, 0.717) is 22.6 Å². The number of rotatable bonds is 7. The highest BCUT2D eigenvalue weighted by Crippen LogP contribution is 2.20. The van der Waals surface area contributed by atoms with Crippen molar-refractivity contribution in [1.29, 1.82) is 0 Å². The quantitative estimate of drug-likeness (QED) is 0.542. The smallest absolute Gasteiger partial charge is 0.344 e. The van der Waals surface area contributed by atoms with Crippen LogP contribution in [0.25, 0.3) is 0 Å². The fourth-order valence-electron chi connectivity index (χ4n) is 2.69. The van der Waals surface area contributed by atoms with E-state index in [1.54, 1.807) is 38.1 Å². The van der Waals surface area contributed by atoms with Crippen LogP contribution in [0.4, 0.5) is 0 Å². The molecule has 2 rings (SSSR count). The maximum absolute atomic E-state index is 12.5. The zero-order chi connectivity index (χ0) is 19.4. The third-order valence-electron chi connectivity index (χ3n) is 3.88. The molecule has 1 N–H and O–H groups in total. The van der Waals surface area contributed by atoms with Crippen LogP contribution in [0, 0.1) is 13.8 Å². The Morgan fingerprint density at radius 1 is 1.15 bits per heavy atom. The predicted molar refractivity (Wildman–Crippen MR) is 99.8 cm³/mol. The van der Waals surface area contributed by atoms with Crippen molar-refractivity contribution >= 4 is 33.5 Å². The second-order valence-electron chi connectivity index (χ2n) is 5.92. The number of Topliss-reactive ketones (excluding diaryl/α,β-unsaturated/α-hetero) is 2. The van der Waals surface area contributed by atoms with Crippen LogP contribution in [0.2, 0.25) is 0 Å². The van der Waals surface area contributed by atoms with Crippen molar-refractivity contribution in [3.8, 4) is 5.75 Å². The van der Waals surface area contributed by atoms with Gasteiger partial charge in [0.05, 0.1) is 5.69 Å². The SMILES string of the molecule is CC(=O)c1c(C)[nH]c(C(=O)C(C)OC(=O)COc2ccc(Br)cc2)c1C. The number of nitrogens with one attached hydrogen (secondary N) is 1. The maximum Gasteiger partial charge on any atom is 0.344 e. The number of carbonyl (C=O) groups is 3. The van der Waals surface area contributed by atoms with Crippen LogP contribution < -0.4 is 4.74 Å². The molecule has 0 amide bonds. The Morgan fingerprint density at radius 2 is 1.77 bits per heavy atom. The minimum Gasteiger partial charge on any atom is -0.482 e. The Bertz CT molecular complexity index is 838. The van der Waals surface area contributed by atoms with Crippen molar-refractivity contribution in [3.05, 3.63) is 51.3 Å². The zero-order valence-corrected chi connectivity index (χ0v) is 16.6. The number of aryl methyl sites for hydroxylation is 1. The third kappa shape index (κ3) is 4.60. The molecule has 138 valence electrons. The van der Waals surface area contributed by atoms with E-state index in [9.17, 15) is 14.4 Å². The van der Waals surface area contributed by atoms with E-state index >= 15 is 0 Å². The molecule has 1 aromatic heterocycles. The number of H-pyrrole nitrogens is 1. The van der Waals surface area contributed by atoms with Crippen LogP contribution >= 0.6 is 15.9 Å². The standard InChI is InChI=1S/C19H20BrNO5/c1-10-17(12(3)22)11(2)21-18(10)19(24)13(4)26-16(23)9-25-15-7-5-14(20)6-8-15/h5-8,13,21H,9H2,1-4H3. The second-order valence-corrected chi connectivity index (χ2v) is 6.84. The van der Waals surface area contributed by atoms with Crippen molar-refractivity contribution in [2.24, 2.45) is 0 Å². The molecule has 0 aliphatic heterocycles. The summed E-state index contributed by atoms with van der Waals surface area (Å²) in [4.78, 5) is 39.0. The van der Waals surface area contributed by atoms with Crippen molar-refractivity contribution < 1.29 is 23.9 Å². The van der Waals surface area contributed by atoms with Crippen molar-refractivity contribution in [2.45, 2.75) is 33.8 Å². The van der Waals surface area contributed by atoms with Crippen molar-refractivity contribution in [1.82, 2.24) is 4.98 Å². The molecule has 0 fully saturated rings. The first-order chi connectivity index (χ1) is 12.2. The molecule has 7 heteroatoms. The number of hydrogen-bond donors (Lipinski definition) is 1. The summed E-state index contributed by atoms with van der Waals surface area (Å²) in [5.74, 6) is -0.648. The van der Waals surface area contributed by atoms with Crippen LogP contribution in [0.15, 0.2) is 28.7 Å². The van der Waals surface area contributed by atoms with Gasteiger partial charge < -0.3 is 14.5 Å². The van der Waals surface area contributed by atoms with Gasteiger partial charge in [-0.15, -0.1) is 0 Å². The highest BCUT2D eigenvalue weighted by atomic mass is 79.9. The fraction of sp³-hybridized carbons (Fsp3) is 0.316. The van der Waals surface area contributed by atoms with Gasteiger partial charge in [-0.05, 0) is 57.5 Å². The Labute approximate surface area is 160 Å². The van der Waals surface area contributed by atoms with Crippen molar-refractivity contribution in [3.63, 3.8) is 0 Å². The summed E-state index contributed by atoms with van der Waals surface area (Å²) < 4.78 is 11.4. The molecule has 1 heterocycles. The van der Waals surface area contributed by atoms with E-state index in [1.807, 2.05) is 0 Å². The number of benzene rings is 1. The first-order valence-corrected chi connectivity index (χ1v) is 8.82. The van der Waals surface area contributed by atoms with Crippen LogP contribution in [-0.4, -0.2) is 35.2 Å². The summed E-state index contributed by atoms with van der Waals surface area (Å²) in [7, 11) is 0. The lowest BCUT2D eigenvalue weighted by atomic mass is 10.0. The summed E-state index contributed by atoms with van der Waals surface area (Å²) in [5.41, 5.74) is 1.96. The Morgan fingerprint density at radius 3 is 2.31 bits per heavy atom. The molecule has 2 aromatic rings. The highest BCUT2D eigenvalue weighted by molar-refractivity contribution is 9.10. The van der Waals surface area contributed by atoms with Gasteiger partial charge in [-0.2, -0.15) is 0 Å². The van der Waals surface area contributed by atoms with Crippen LogP contribution in [0.3, 0.4) is 0 Å². The molecular formula is C19H20BrNO5. The van der Waals surface area contributed by atoms with Crippen LogP contribution in [0.1, 0.15) is 46.0 Å². The monoisotopic (exact) mass is 421 g/mol. The molecule has 1 atom stereocenters. The van der Waals surface area contributed by atoms with E-state index in [0.717, 1.165) is 4.47 Å². The van der Waals surface area contributed by atoms with Gasteiger partial charge in [-0.1, -0.05) is 15.9 Å². The lowest BCUT2D eigenvalue weighted by Crippen LogP contribution is -2.28. The van der Waals surface area contributed by atoms with Gasteiger partial charge in [0.1, 0.15) is 5.75 Å². The average Bonchev–Trinajstić information content (AvgIpc) is 2.88. The van der Waals surface area contributed by atoms with Gasteiger partial charge >= 0.3 is 5.97 Å². The number of aromatic nitrogens is 1. The van der Waals surface area contributed by atoms with Gasteiger partial charge in [0.25, 0.3) is 0 Å². The topological polar surface area (TPSA) is 85.5 Å². The molecule has 0 aliphatic carbocycles. The molecule has 0 radical (unpaired) electrons. The number of ketones is 2. The van der Waals surface area contributed by atoms with Gasteiger partial charge in [-0.3, -0.25) is 9.59 Å². The molecule has 0 aliphatic rings. The predicted octanol–water partition coefficient (Wildman–Crippen LogP) is 3.79. The molecule has 26 heavy (non-hydrogen) atoms. The molecule has 0 saturated heterocycles. The Kier molecular flexibility index (Phi) is 6.37. The number of aromatic amines is 1. The molecule has 0 saturated carbocycles. The fourth-order valence-corrected chi connectivity index (χ4v) is 2.95. The number of ether oxygens (including phenoxy) is 2. The van der Waals surface area contributed by atoms with Gasteiger partial charge in [0.15, 0.2) is 18.5 Å². The highest BCUT2D eigenvalue weighted by Gasteiger charge is 2.26. The summed E-state index contributed by atoms with van der Waals surface area (Å²) in [5, 5.41) is 0. The molecular weight excluding hydrogens is 402 g/mol. The van der Waals surface area contributed by atoms with Gasteiger partial charge in [-0.25, -0.2) is 4.79 Å². The number of esters is 1. The second kappa shape index (κ2) is 8.31. The summed E-state index contributed by atoms with van der Waals surface area (Å²) in [6.07, 6.45) is -0.993. The minimum absolute atomic E-state index is 0.122. The largest absolute Gasteiger partial charge is 0.482 e. The van der Waals surface area contributed by atoms with Crippen LogP contribution in [0.5, 0.6) is 5.75 Å². The molecule has 0 bridgehead atoms. The summed E-state index contributed by atoms with van der Waals surface area (Å²) in [6.45, 7) is 6.05. The lowest BCUT2D eigenvalue weighted by Gasteiger charge is -2.13. The Hall–Kier alpha value is -2.41. The average molecular weight is 422 g/mol. The molecule has 0 spiro atoms.